The largest absolute Gasteiger partial charge is 0.427 e. The summed E-state index contributed by atoms with van der Waals surface area (Å²) in [6, 6.07) is 39.2. The fourth-order valence-corrected chi connectivity index (χ4v) is 6.81. The Hall–Kier alpha value is -6.62. The molecule has 0 aliphatic carbocycles. The van der Waals surface area contributed by atoms with Gasteiger partial charge in [0.1, 0.15) is 23.0 Å². The summed E-state index contributed by atoms with van der Waals surface area (Å²) in [5.74, 6) is 0.142. The Labute approximate surface area is 347 Å². The molecular formula is C50H44O10. The second-order valence-corrected chi connectivity index (χ2v) is 15.0. The van der Waals surface area contributed by atoms with Gasteiger partial charge in [-0.25, -0.2) is 9.59 Å². The third-order valence-corrected chi connectivity index (χ3v) is 10.4. The van der Waals surface area contributed by atoms with Crippen LogP contribution in [0.15, 0.2) is 133 Å². The number of epoxide rings is 2. The Morgan fingerprint density at radius 3 is 1.13 bits per heavy atom. The van der Waals surface area contributed by atoms with E-state index in [1.165, 1.54) is 0 Å². The van der Waals surface area contributed by atoms with E-state index >= 15 is 0 Å². The summed E-state index contributed by atoms with van der Waals surface area (Å²) in [4.78, 5) is 50.6. The molecule has 0 saturated carbocycles. The van der Waals surface area contributed by atoms with E-state index in [1.54, 1.807) is 72.8 Å². The summed E-state index contributed by atoms with van der Waals surface area (Å²) in [7, 11) is 0. The van der Waals surface area contributed by atoms with Gasteiger partial charge < -0.3 is 28.4 Å². The standard InChI is InChI=1S/C50H44O10/c51-47(7-3-1-5-45-31-55-45)57-41-23-17-35(18-24-41)33-9-13-38(14-10-33)49(53)59-43-27-21-37-22-28-44(30-40(37)29-43)60-50(54)39-15-11-34(12-16-39)36-19-25-42(26-20-36)58-48(52)8-4-2-6-46-32-56-46/h9-30,45-46H,1-8,31-32H2. The van der Waals surface area contributed by atoms with Gasteiger partial charge in [0.15, 0.2) is 0 Å². The van der Waals surface area contributed by atoms with Crippen molar-refractivity contribution in [2.24, 2.45) is 0 Å². The van der Waals surface area contributed by atoms with Crippen LogP contribution in [0, 0.1) is 0 Å². The van der Waals surface area contributed by atoms with Crippen molar-refractivity contribution < 1.29 is 47.6 Å². The molecule has 0 bridgehead atoms. The fourth-order valence-electron chi connectivity index (χ4n) is 6.81. The molecule has 10 heteroatoms. The van der Waals surface area contributed by atoms with Crippen molar-refractivity contribution in [3.05, 3.63) is 145 Å². The molecule has 0 radical (unpaired) electrons. The Morgan fingerprint density at radius 2 is 0.767 bits per heavy atom. The molecule has 0 N–H and O–H groups in total. The first-order valence-corrected chi connectivity index (χ1v) is 20.3. The molecule has 2 heterocycles. The number of fused-ring (bicyclic) bond motifs is 1. The van der Waals surface area contributed by atoms with Crippen LogP contribution in [-0.4, -0.2) is 49.3 Å². The molecule has 2 saturated heterocycles. The van der Waals surface area contributed by atoms with E-state index in [0.29, 0.717) is 59.2 Å². The van der Waals surface area contributed by atoms with Crippen LogP contribution in [0.3, 0.4) is 0 Å². The van der Waals surface area contributed by atoms with Gasteiger partial charge in [-0.15, -0.1) is 0 Å². The minimum Gasteiger partial charge on any atom is -0.427 e. The zero-order chi connectivity index (χ0) is 41.3. The Kier molecular flexibility index (Phi) is 12.7. The lowest BCUT2D eigenvalue weighted by atomic mass is 10.0. The molecule has 60 heavy (non-hydrogen) atoms. The zero-order valence-corrected chi connectivity index (χ0v) is 33.0. The summed E-state index contributed by atoms with van der Waals surface area (Å²) < 4.78 is 32.8. The number of rotatable bonds is 18. The number of ether oxygens (including phenoxy) is 6. The van der Waals surface area contributed by atoms with Crippen LogP contribution in [0.5, 0.6) is 23.0 Å². The van der Waals surface area contributed by atoms with E-state index in [0.717, 1.165) is 84.8 Å². The lowest BCUT2D eigenvalue weighted by Gasteiger charge is -2.09. The maximum Gasteiger partial charge on any atom is 0.343 e. The highest BCUT2D eigenvalue weighted by Crippen LogP contribution is 2.29. The van der Waals surface area contributed by atoms with Crippen molar-refractivity contribution in [2.45, 2.75) is 63.6 Å². The van der Waals surface area contributed by atoms with E-state index in [9.17, 15) is 19.2 Å². The number of esters is 4. The smallest absolute Gasteiger partial charge is 0.343 e. The molecule has 6 aromatic rings. The van der Waals surface area contributed by atoms with Gasteiger partial charge in [-0.05, 0) is 132 Å². The number of benzene rings is 6. The highest BCUT2D eigenvalue weighted by atomic mass is 16.6. The minimum absolute atomic E-state index is 0.250. The topological polar surface area (TPSA) is 130 Å². The highest BCUT2D eigenvalue weighted by molar-refractivity contribution is 5.94. The van der Waals surface area contributed by atoms with E-state index in [-0.39, 0.29) is 11.9 Å². The minimum atomic E-state index is -0.514. The van der Waals surface area contributed by atoms with Crippen LogP contribution >= 0.6 is 0 Å². The first kappa shape index (κ1) is 40.2. The van der Waals surface area contributed by atoms with Crippen LogP contribution in [0.2, 0.25) is 0 Å². The molecule has 2 aliphatic heterocycles. The van der Waals surface area contributed by atoms with Gasteiger partial charge in [-0.1, -0.05) is 73.5 Å². The predicted molar refractivity (Wildman–Crippen MR) is 225 cm³/mol. The quantitative estimate of drug-likeness (QED) is 0.0358. The molecule has 304 valence electrons. The van der Waals surface area contributed by atoms with Crippen molar-refractivity contribution in [3.63, 3.8) is 0 Å². The monoisotopic (exact) mass is 804 g/mol. The van der Waals surface area contributed by atoms with Gasteiger partial charge in [-0.2, -0.15) is 0 Å². The molecule has 2 fully saturated rings. The fraction of sp³-hybridized carbons (Fsp3) is 0.240. The molecule has 8 rings (SSSR count). The molecule has 10 nitrogen and oxygen atoms in total. The van der Waals surface area contributed by atoms with E-state index in [4.69, 9.17) is 28.4 Å². The molecule has 0 spiro atoms. The van der Waals surface area contributed by atoms with Gasteiger partial charge in [0.2, 0.25) is 0 Å². The molecular weight excluding hydrogens is 761 g/mol. The normalized spacial score (nSPS) is 15.2. The Morgan fingerprint density at radius 1 is 0.417 bits per heavy atom. The second-order valence-electron chi connectivity index (χ2n) is 15.0. The summed E-state index contributed by atoms with van der Waals surface area (Å²) in [5, 5.41) is 1.61. The zero-order valence-electron chi connectivity index (χ0n) is 33.0. The van der Waals surface area contributed by atoms with Crippen molar-refractivity contribution >= 4 is 34.6 Å². The molecule has 0 amide bonds. The maximum absolute atomic E-state index is 13.1. The number of hydrogen-bond acceptors (Lipinski definition) is 10. The van der Waals surface area contributed by atoms with Crippen molar-refractivity contribution in [1.82, 2.24) is 0 Å². The Balaban J connectivity index is 0.813. The average molecular weight is 805 g/mol. The van der Waals surface area contributed by atoms with Crippen molar-refractivity contribution in [1.29, 1.82) is 0 Å². The summed E-state index contributed by atoms with van der Waals surface area (Å²) in [5.41, 5.74) is 4.36. The number of carbonyl (C=O) groups is 4. The third-order valence-electron chi connectivity index (χ3n) is 10.4. The van der Waals surface area contributed by atoms with E-state index in [1.807, 2.05) is 60.7 Å². The summed E-state index contributed by atoms with van der Waals surface area (Å²) >= 11 is 0. The summed E-state index contributed by atoms with van der Waals surface area (Å²) in [6.45, 7) is 1.66. The number of hydrogen-bond donors (Lipinski definition) is 0. The van der Waals surface area contributed by atoms with Crippen LogP contribution in [0.4, 0.5) is 0 Å². The molecule has 2 atom stereocenters. The van der Waals surface area contributed by atoms with Gasteiger partial charge in [0, 0.05) is 12.8 Å². The van der Waals surface area contributed by atoms with Crippen LogP contribution in [0.25, 0.3) is 33.0 Å². The lowest BCUT2D eigenvalue weighted by Crippen LogP contribution is -2.09. The SMILES string of the molecule is O=C(CCCCC1CO1)Oc1ccc(-c2ccc(C(=O)Oc3ccc4ccc(OC(=O)c5ccc(-c6ccc(OC(=O)CCCCC7CO7)cc6)cc5)cc4c3)cc2)cc1. The first-order valence-electron chi connectivity index (χ1n) is 20.3. The highest BCUT2D eigenvalue weighted by Gasteiger charge is 2.22. The summed E-state index contributed by atoms with van der Waals surface area (Å²) in [6.07, 6.45) is 6.93. The van der Waals surface area contributed by atoms with Gasteiger partial charge in [0.05, 0.1) is 36.5 Å². The van der Waals surface area contributed by atoms with E-state index in [2.05, 4.69) is 0 Å². The van der Waals surface area contributed by atoms with Crippen LogP contribution < -0.4 is 18.9 Å². The molecule has 6 aromatic carbocycles. The molecule has 2 aliphatic rings. The Bertz CT molecular complexity index is 2280. The van der Waals surface area contributed by atoms with Crippen LogP contribution in [0.1, 0.15) is 72.1 Å². The first-order chi connectivity index (χ1) is 29.3. The third kappa shape index (κ3) is 11.3. The van der Waals surface area contributed by atoms with Crippen LogP contribution in [-0.2, 0) is 19.1 Å². The van der Waals surface area contributed by atoms with Gasteiger partial charge in [0.25, 0.3) is 0 Å². The maximum atomic E-state index is 13.1. The van der Waals surface area contributed by atoms with Crippen molar-refractivity contribution in [3.8, 4) is 45.3 Å². The van der Waals surface area contributed by atoms with Gasteiger partial charge in [-0.3, -0.25) is 9.59 Å². The molecule has 0 aromatic heterocycles. The lowest BCUT2D eigenvalue weighted by molar-refractivity contribution is -0.135. The van der Waals surface area contributed by atoms with Gasteiger partial charge >= 0.3 is 23.9 Å². The second kappa shape index (κ2) is 19.0. The predicted octanol–water partition coefficient (Wildman–Crippen LogP) is 10.3. The van der Waals surface area contributed by atoms with Crippen molar-refractivity contribution in [2.75, 3.05) is 13.2 Å². The number of carbonyl (C=O) groups excluding carboxylic acids is 4. The average Bonchev–Trinajstić information content (AvgIpc) is 4.22. The number of unbranched alkanes of at least 4 members (excludes halogenated alkanes) is 2. The van der Waals surface area contributed by atoms with E-state index < -0.39 is 11.9 Å². The molecule has 2 unspecified atom stereocenters.